The minimum absolute atomic E-state index is 0.122. The number of rotatable bonds is 6. The van der Waals surface area contributed by atoms with Crippen molar-refractivity contribution in [2.45, 2.75) is 19.9 Å². The van der Waals surface area contributed by atoms with Gasteiger partial charge in [-0.3, -0.25) is 4.79 Å². The average molecular weight is 367 g/mol. The molecule has 1 atom stereocenters. The van der Waals surface area contributed by atoms with Crippen molar-refractivity contribution in [2.75, 3.05) is 20.3 Å². The summed E-state index contributed by atoms with van der Waals surface area (Å²) < 4.78 is 16.4. The molecule has 2 aromatic carbocycles. The summed E-state index contributed by atoms with van der Waals surface area (Å²) in [6.45, 7) is 5.26. The van der Waals surface area contributed by atoms with Crippen molar-refractivity contribution in [3.8, 4) is 17.2 Å². The number of ether oxygens (including phenoxy) is 3. The van der Waals surface area contributed by atoms with Crippen LogP contribution in [0, 0.1) is 5.92 Å². The second-order valence-electron chi connectivity index (χ2n) is 6.74. The lowest BCUT2D eigenvalue weighted by atomic mass is 9.95. The first-order valence-corrected chi connectivity index (χ1v) is 9.09. The minimum Gasteiger partial charge on any atom is -0.497 e. The van der Waals surface area contributed by atoms with Crippen LogP contribution in [0.15, 0.2) is 48.5 Å². The minimum atomic E-state index is -0.147. The highest BCUT2D eigenvalue weighted by molar-refractivity contribution is 5.92. The summed E-state index contributed by atoms with van der Waals surface area (Å²) in [6, 6.07) is 13.3. The molecule has 1 amide bonds. The van der Waals surface area contributed by atoms with Crippen LogP contribution in [0.1, 0.15) is 31.0 Å². The molecule has 5 heteroatoms. The van der Waals surface area contributed by atoms with Crippen molar-refractivity contribution in [2.24, 2.45) is 5.92 Å². The van der Waals surface area contributed by atoms with E-state index in [2.05, 4.69) is 19.2 Å². The Bertz CT molecular complexity index is 829. The normalized spacial score (nSPS) is 14.2. The van der Waals surface area contributed by atoms with Gasteiger partial charge in [0.1, 0.15) is 19.0 Å². The van der Waals surface area contributed by atoms with E-state index in [0.717, 1.165) is 28.4 Å². The number of amides is 1. The standard InChI is InChI=1S/C22H25NO4/c1-15(2)22(17-8-9-19-20(14-17)27-12-11-26-19)23-21(24)10-7-16-5-4-6-18(13-16)25-3/h4-10,13-15,22H,11-12H2,1-3H3,(H,23,24). The van der Waals surface area contributed by atoms with Crippen LogP contribution in [0.5, 0.6) is 17.2 Å². The molecule has 0 aromatic heterocycles. The first kappa shape index (κ1) is 18.8. The van der Waals surface area contributed by atoms with Crippen LogP contribution in [-0.4, -0.2) is 26.2 Å². The van der Waals surface area contributed by atoms with Gasteiger partial charge in [0, 0.05) is 6.08 Å². The molecule has 0 saturated carbocycles. The van der Waals surface area contributed by atoms with E-state index < -0.39 is 0 Å². The van der Waals surface area contributed by atoms with Crippen LogP contribution >= 0.6 is 0 Å². The van der Waals surface area contributed by atoms with Crippen molar-refractivity contribution in [1.82, 2.24) is 5.32 Å². The third kappa shape index (κ3) is 4.82. The van der Waals surface area contributed by atoms with Crippen LogP contribution in [-0.2, 0) is 4.79 Å². The molecule has 0 fully saturated rings. The summed E-state index contributed by atoms with van der Waals surface area (Å²) in [5.74, 6) is 2.31. The molecule has 0 saturated heterocycles. The fourth-order valence-corrected chi connectivity index (χ4v) is 3.01. The second-order valence-corrected chi connectivity index (χ2v) is 6.74. The van der Waals surface area contributed by atoms with Crippen molar-refractivity contribution >= 4 is 12.0 Å². The Balaban J connectivity index is 1.72. The molecule has 142 valence electrons. The lowest BCUT2D eigenvalue weighted by Gasteiger charge is -2.25. The zero-order valence-corrected chi connectivity index (χ0v) is 15.9. The predicted molar refractivity (Wildman–Crippen MR) is 105 cm³/mol. The van der Waals surface area contributed by atoms with Gasteiger partial charge in [-0.25, -0.2) is 0 Å². The van der Waals surface area contributed by atoms with E-state index in [0.29, 0.717) is 13.2 Å². The summed E-state index contributed by atoms with van der Waals surface area (Å²) in [5.41, 5.74) is 1.90. The lowest BCUT2D eigenvalue weighted by Crippen LogP contribution is -2.30. The molecule has 27 heavy (non-hydrogen) atoms. The number of carbonyl (C=O) groups excluding carboxylic acids is 1. The quantitative estimate of drug-likeness (QED) is 0.785. The molecule has 1 N–H and O–H groups in total. The van der Waals surface area contributed by atoms with E-state index in [1.165, 1.54) is 0 Å². The number of hydrogen-bond acceptors (Lipinski definition) is 4. The van der Waals surface area contributed by atoms with E-state index in [1.807, 2.05) is 42.5 Å². The van der Waals surface area contributed by atoms with Crippen LogP contribution in [0.4, 0.5) is 0 Å². The number of nitrogens with one attached hydrogen (secondary N) is 1. The Kier molecular flexibility index (Phi) is 6.01. The molecular weight excluding hydrogens is 342 g/mol. The maximum absolute atomic E-state index is 12.5. The summed E-state index contributed by atoms with van der Waals surface area (Å²) in [5, 5.41) is 3.09. The number of hydrogen-bond donors (Lipinski definition) is 1. The van der Waals surface area contributed by atoms with E-state index in [9.17, 15) is 4.79 Å². The smallest absolute Gasteiger partial charge is 0.244 e. The van der Waals surface area contributed by atoms with Gasteiger partial charge in [0.05, 0.1) is 13.2 Å². The molecule has 1 aliphatic heterocycles. The molecule has 1 aliphatic rings. The van der Waals surface area contributed by atoms with Gasteiger partial charge in [-0.1, -0.05) is 32.0 Å². The van der Waals surface area contributed by atoms with E-state index >= 15 is 0 Å². The van der Waals surface area contributed by atoms with E-state index in [1.54, 1.807) is 19.3 Å². The first-order valence-electron chi connectivity index (χ1n) is 9.09. The molecule has 0 spiro atoms. The fraction of sp³-hybridized carbons (Fsp3) is 0.318. The molecule has 0 radical (unpaired) electrons. The highest BCUT2D eigenvalue weighted by Crippen LogP contribution is 2.34. The monoisotopic (exact) mass is 367 g/mol. The molecule has 1 unspecified atom stereocenters. The van der Waals surface area contributed by atoms with Crippen LogP contribution < -0.4 is 19.5 Å². The largest absolute Gasteiger partial charge is 0.497 e. The van der Waals surface area contributed by atoms with Crippen molar-refractivity contribution < 1.29 is 19.0 Å². The van der Waals surface area contributed by atoms with E-state index in [4.69, 9.17) is 14.2 Å². The molecule has 0 aliphatic carbocycles. The SMILES string of the molecule is COc1cccc(C=CC(=O)NC(c2ccc3c(c2)OCCO3)C(C)C)c1. The Hall–Kier alpha value is -2.95. The highest BCUT2D eigenvalue weighted by Gasteiger charge is 2.20. The highest BCUT2D eigenvalue weighted by atomic mass is 16.6. The topological polar surface area (TPSA) is 56.8 Å². The molecule has 2 aromatic rings. The Morgan fingerprint density at radius 2 is 1.89 bits per heavy atom. The lowest BCUT2D eigenvalue weighted by molar-refractivity contribution is -0.117. The summed E-state index contributed by atoms with van der Waals surface area (Å²) >= 11 is 0. The van der Waals surface area contributed by atoms with Crippen LogP contribution in [0.25, 0.3) is 6.08 Å². The van der Waals surface area contributed by atoms with Crippen LogP contribution in [0.3, 0.4) is 0 Å². The van der Waals surface area contributed by atoms with Gasteiger partial charge in [-0.05, 0) is 47.4 Å². The van der Waals surface area contributed by atoms with Gasteiger partial charge < -0.3 is 19.5 Å². The number of benzene rings is 2. The summed E-state index contributed by atoms with van der Waals surface area (Å²) in [6.07, 6.45) is 3.32. The molecule has 0 bridgehead atoms. The van der Waals surface area contributed by atoms with Gasteiger partial charge in [-0.2, -0.15) is 0 Å². The number of methoxy groups -OCH3 is 1. The predicted octanol–water partition coefficient (Wildman–Crippen LogP) is 3.99. The molecule has 1 heterocycles. The zero-order valence-electron chi connectivity index (χ0n) is 15.9. The van der Waals surface area contributed by atoms with Gasteiger partial charge in [-0.15, -0.1) is 0 Å². The Morgan fingerprint density at radius 1 is 1.11 bits per heavy atom. The van der Waals surface area contributed by atoms with E-state index in [-0.39, 0.29) is 17.9 Å². The average Bonchev–Trinajstić information content (AvgIpc) is 2.70. The molecule has 5 nitrogen and oxygen atoms in total. The number of carbonyl (C=O) groups is 1. The van der Waals surface area contributed by atoms with Crippen molar-refractivity contribution in [1.29, 1.82) is 0 Å². The zero-order chi connectivity index (χ0) is 19.2. The van der Waals surface area contributed by atoms with Crippen LogP contribution in [0.2, 0.25) is 0 Å². The summed E-state index contributed by atoms with van der Waals surface area (Å²) in [7, 11) is 1.62. The maximum atomic E-state index is 12.5. The number of fused-ring (bicyclic) bond motifs is 1. The third-order valence-corrected chi connectivity index (χ3v) is 4.41. The van der Waals surface area contributed by atoms with Gasteiger partial charge in [0.15, 0.2) is 11.5 Å². The summed E-state index contributed by atoms with van der Waals surface area (Å²) in [4.78, 5) is 12.5. The van der Waals surface area contributed by atoms with Crippen molar-refractivity contribution in [3.63, 3.8) is 0 Å². The first-order chi connectivity index (χ1) is 13.1. The second kappa shape index (κ2) is 8.62. The maximum Gasteiger partial charge on any atom is 0.244 e. The van der Waals surface area contributed by atoms with Gasteiger partial charge in [0.2, 0.25) is 5.91 Å². The molecular formula is C22H25NO4. The van der Waals surface area contributed by atoms with Gasteiger partial charge in [0.25, 0.3) is 0 Å². The fourth-order valence-electron chi connectivity index (χ4n) is 3.01. The Labute approximate surface area is 159 Å². The Morgan fingerprint density at radius 3 is 2.63 bits per heavy atom. The third-order valence-electron chi connectivity index (χ3n) is 4.41. The van der Waals surface area contributed by atoms with Crippen molar-refractivity contribution in [3.05, 3.63) is 59.7 Å². The van der Waals surface area contributed by atoms with Gasteiger partial charge >= 0.3 is 0 Å². The molecule has 3 rings (SSSR count).